The number of carbonyl (C=O) groups excluding carboxylic acids is 1. The monoisotopic (exact) mass is 397 g/mol. The van der Waals surface area contributed by atoms with E-state index >= 15 is 0 Å². The highest BCUT2D eigenvalue weighted by atomic mass is 32.2. The van der Waals surface area contributed by atoms with Crippen molar-refractivity contribution in [3.63, 3.8) is 0 Å². The van der Waals surface area contributed by atoms with Crippen molar-refractivity contribution in [3.05, 3.63) is 24.3 Å². The number of rotatable bonds is 10. The van der Waals surface area contributed by atoms with Gasteiger partial charge in [-0.3, -0.25) is 4.79 Å². The molecule has 0 aliphatic carbocycles. The van der Waals surface area contributed by atoms with Crippen molar-refractivity contribution in [3.8, 4) is 5.75 Å². The van der Waals surface area contributed by atoms with Crippen LogP contribution >= 0.6 is 0 Å². The van der Waals surface area contributed by atoms with Gasteiger partial charge in [-0.2, -0.15) is 4.31 Å². The smallest absolute Gasteiger partial charge is 0.243 e. The van der Waals surface area contributed by atoms with E-state index in [0.29, 0.717) is 44.8 Å². The highest BCUT2D eigenvalue weighted by Gasteiger charge is 2.31. The standard InChI is InChI=1S/C19H31N3O4S/c1-3-11-20-12-13-21-19(23)16-9-14-22(15-10-16)27(24,25)18-7-5-17(6-8-18)26-4-2/h5-8,16,20H,3-4,9-15H2,1-2H3,(H,21,23). The molecule has 1 amide bonds. The van der Waals surface area contributed by atoms with Crippen molar-refractivity contribution in [1.29, 1.82) is 0 Å². The lowest BCUT2D eigenvalue weighted by Crippen LogP contribution is -2.44. The van der Waals surface area contributed by atoms with Gasteiger partial charge in [-0.15, -0.1) is 0 Å². The van der Waals surface area contributed by atoms with E-state index in [2.05, 4.69) is 17.6 Å². The second kappa shape index (κ2) is 10.6. The van der Waals surface area contributed by atoms with Gasteiger partial charge in [-0.05, 0) is 57.0 Å². The zero-order chi connectivity index (χ0) is 19.7. The van der Waals surface area contributed by atoms with Crippen molar-refractivity contribution >= 4 is 15.9 Å². The van der Waals surface area contributed by atoms with E-state index in [-0.39, 0.29) is 16.7 Å². The number of ether oxygens (including phenoxy) is 1. The molecular weight excluding hydrogens is 366 g/mol. The molecule has 1 aromatic carbocycles. The molecule has 7 nitrogen and oxygen atoms in total. The molecule has 1 aromatic rings. The number of nitrogens with zero attached hydrogens (tertiary/aromatic N) is 1. The lowest BCUT2D eigenvalue weighted by molar-refractivity contribution is -0.126. The average Bonchev–Trinajstić information content (AvgIpc) is 2.68. The fourth-order valence-corrected chi connectivity index (χ4v) is 4.57. The minimum Gasteiger partial charge on any atom is -0.494 e. The van der Waals surface area contributed by atoms with Crippen LogP contribution in [0.2, 0.25) is 0 Å². The lowest BCUT2D eigenvalue weighted by atomic mass is 9.97. The second-order valence-corrected chi connectivity index (χ2v) is 8.56. The molecule has 1 aliphatic heterocycles. The molecule has 0 aromatic heterocycles. The summed E-state index contributed by atoms with van der Waals surface area (Å²) in [5.41, 5.74) is 0. The highest BCUT2D eigenvalue weighted by molar-refractivity contribution is 7.89. The Balaban J connectivity index is 1.84. The molecule has 0 unspecified atom stereocenters. The van der Waals surface area contributed by atoms with Crippen LogP contribution in [0.25, 0.3) is 0 Å². The number of carbonyl (C=O) groups is 1. The van der Waals surface area contributed by atoms with Gasteiger partial charge in [-0.1, -0.05) is 6.92 Å². The molecule has 152 valence electrons. The number of nitrogens with one attached hydrogen (secondary N) is 2. The summed E-state index contributed by atoms with van der Waals surface area (Å²) < 4.78 is 32.4. The first-order valence-electron chi connectivity index (χ1n) is 9.70. The summed E-state index contributed by atoms with van der Waals surface area (Å²) in [6.45, 7) is 7.54. The van der Waals surface area contributed by atoms with Crippen LogP contribution in [0.3, 0.4) is 0 Å². The third-order valence-corrected chi connectivity index (χ3v) is 6.54. The largest absolute Gasteiger partial charge is 0.494 e. The zero-order valence-corrected chi connectivity index (χ0v) is 17.1. The first kappa shape index (κ1) is 21.7. The summed E-state index contributed by atoms with van der Waals surface area (Å²) in [5.74, 6) is 0.551. The van der Waals surface area contributed by atoms with Crippen LogP contribution in [0, 0.1) is 5.92 Å². The maximum atomic E-state index is 12.8. The Labute approximate surface area is 162 Å². The molecule has 1 heterocycles. The first-order chi connectivity index (χ1) is 13.0. The number of piperidine rings is 1. The Morgan fingerprint density at radius 3 is 2.37 bits per heavy atom. The second-order valence-electron chi connectivity index (χ2n) is 6.62. The number of benzene rings is 1. The number of hydrogen-bond donors (Lipinski definition) is 2. The summed E-state index contributed by atoms with van der Waals surface area (Å²) in [6.07, 6.45) is 2.16. The van der Waals surface area contributed by atoms with Gasteiger partial charge in [-0.25, -0.2) is 8.42 Å². The molecule has 1 saturated heterocycles. The van der Waals surface area contributed by atoms with Crippen molar-refractivity contribution in [1.82, 2.24) is 14.9 Å². The quantitative estimate of drug-likeness (QED) is 0.586. The van der Waals surface area contributed by atoms with Crippen LogP contribution in [0.1, 0.15) is 33.1 Å². The summed E-state index contributed by atoms with van der Waals surface area (Å²) in [7, 11) is -3.53. The van der Waals surface area contributed by atoms with Gasteiger partial charge in [0.1, 0.15) is 5.75 Å². The summed E-state index contributed by atoms with van der Waals surface area (Å²) in [5, 5.41) is 6.17. The van der Waals surface area contributed by atoms with Crippen LogP contribution in [-0.4, -0.2) is 58.0 Å². The van der Waals surface area contributed by atoms with E-state index in [4.69, 9.17) is 4.74 Å². The summed E-state index contributed by atoms with van der Waals surface area (Å²) in [6, 6.07) is 6.48. The Morgan fingerprint density at radius 1 is 1.11 bits per heavy atom. The zero-order valence-electron chi connectivity index (χ0n) is 16.2. The van der Waals surface area contributed by atoms with E-state index in [1.807, 2.05) is 6.92 Å². The maximum Gasteiger partial charge on any atom is 0.243 e. The molecule has 0 radical (unpaired) electrons. The van der Waals surface area contributed by atoms with Crippen LogP contribution in [0.15, 0.2) is 29.2 Å². The van der Waals surface area contributed by atoms with Gasteiger partial charge in [0.05, 0.1) is 11.5 Å². The molecular formula is C19H31N3O4S. The summed E-state index contributed by atoms with van der Waals surface area (Å²) in [4.78, 5) is 12.5. The predicted octanol–water partition coefficient (Wildman–Crippen LogP) is 1.60. The lowest BCUT2D eigenvalue weighted by Gasteiger charge is -2.30. The molecule has 2 rings (SSSR count). The fourth-order valence-electron chi connectivity index (χ4n) is 3.10. The molecule has 0 atom stereocenters. The van der Waals surface area contributed by atoms with Crippen LogP contribution in [-0.2, 0) is 14.8 Å². The van der Waals surface area contributed by atoms with E-state index in [9.17, 15) is 13.2 Å². The summed E-state index contributed by atoms with van der Waals surface area (Å²) >= 11 is 0. The molecule has 27 heavy (non-hydrogen) atoms. The van der Waals surface area contributed by atoms with Gasteiger partial charge >= 0.3 is 0 Å². The third-order valence-electron chi connectivity index (χ3n) is 4.63. The Bertz CT molecular complexity index is 683. The van der Waals surface area contributed by atoms with Crippen LogP contribution in [0.5, 0.6) is 5.75 Å². The van der Waals surface area contributed by atoms with Gasteiger partial charge in [0.2, 0.25) is 15.9 Å². The number of amides is 1. The van der Waals surface area contributed by atoms with Gasteiger partial charge in [0.15, 0.2) is 0 Å². The SMILES string of the molecule is CCCNCCNC(=O)C1CCN(S(=O)(=O)c2ccc(OCC)cc2)CC1. The molecule has 1 aliphatic rings. The molecule has 0 saturated carbocycles. The third kappa shape index (κ3) is 6.19. The number of sulfonamides is 1. The molecule has 2 N–H and O–H groups in total. The van der Waals surface area contributed by atoms with Crippen molar-refractivity contribution in [2.75, 3.05) is 39.3 Å². The topological polar surface area (TPSA) is 87.7 Å². The van der Waals surface area contributed by atoms with Gasteiger partial charge < -0.3 is 15.4 Å². The highest BCUT2D eigenvalue weighted by Crippen LogP contribution is 2.25. The van der Waals surface area contributed by atoms with Crippen molar-refractivity contribution in [2.24, 2.45) is 5.92 Å². The Hall–Kier alpha value is -1.64. The predicted molar refractivity (Wildman–Crippen MR) is 105 cm³/mol. The molecule has 1 fully saturated rings. The van der Waals surface area contributed by atoms with Crippen LogP contribution in [0.4, 0.5) is 0 Å². The molecule has 0 bridgehead atoms. The maximum absolute atomic E-state index is 12.8. The number of hydrogen-bond acceptors (Lipinski definition) is 5. The molecule has 8 heteroatoms. The first-order valence-corrected chi connectivity index (χ1v) is 11.1. The van der Waals surface area contributed by atoms with Gasteiger partial charge in [0, 0.05) is 32.1 Å². The van der Waals surface area contributed by atoms with E-state index < -0.39 is 10.0 Å². The van der Waals surface area contributed by atoms with E-state index in [1.165, 1.54) is 4.31 Å². The van der Waals surface area contributed by atoms with Crippen molar-refractivity contribution < 1.29 is 17.9 Å². The van der Waals surface area contributed by atoms with E-state index in [1.54, 1.807) is 24.3 Å². The van der Waals surface area contributed by atoms with Crippen LogP contribution < -0.4 is 15.4 Å². The molecule has 0 spiro atoms. The van der Waals surface area contributed by atoms with E-state index in [0.717, 1.165) is 19.5 Å². The average molecular weight is 398 g/mol. The Morgan fingerprint density at radius 2 is 1.78 bits per heavy atom. The van der Waals surface area contributed by atoms with Crippen molar-refractivity contribution in [2.45, 2.75) is 38.0 Å². The van der Waals surface area contributed by atoms with Gasteiger partial charge in [0.25, 0.3) is 0 Å². The Kier molecular flexibility index (Phi) is 8.53. The normalized spacial score (nSPS) is 16.2. The minimum atomic E-state index is -3.53. The fraction of sp³-hybridized carbons (Fsp3) is 0.632. The minimum absolute atomic E-state index is 0.0198.